The quantitative estimate of drug-likeness (QED) is 0.445. The lowest BCUT2D eigenvalue weighted by molar-refractivity contribution is -0.117. The van der Waals surface area contributed by atoms with Crippen LogP contribution in [0.1, 0.15) is 6.92 Å². The Hall–Kier alpha value is -0.180. The molecule has 0 fully saturated rings. The van der Waals surface area contributed by atoms with E-state index in [1.165, 1.54) is 0 Å². The molecule has 0 aliphatic heterocycles. The number of amides is 1. The molecule has 0 spiro atoms. The van der Waals surface area contributed by atoms with Gasteiger partial charge in [-0.25, -0.2) is 0 Å². The topological polar surface area (TPSA) is 43.1 Å². The normalized spacial score (nSPS) is 13.7. The minimum atomic E-state index is -0.377. The second-order valence-electron chi connectivity index (χ2n) is 1.08. The summed E-state index contributed by atoms with van der Waals surface area (Å²) in [5, 5.41) is -0.315. The van der Waals surface area contributed by atoms with Crippen molar-refractivity contribution < 1.29 is 4.79 Å². The summed E-state index contributed by atoms with van der Waals surface area (Å²) in [6.45, 7) is 1.63. The maximum Gasteiger partial charge on any atom is 0.229 e. The fourth-order valence-electron chi connectivity index (χ4n) is 0. The van der Waals surface area contributed by atoms with Gasteiger partial charge in [-0.2, -0.15) is 12.6 Å². The molecule has 0 aliphatic carbocycles. The lowest BCUT2D eigenvalue weighted by Crippen LogP contribution is -2.20. The summed E-state index contributed by atoms with van der Waals surface area (Å²) in [5.74, 6) is -0.377. The number of nitrogens with two attached hydrogens (primary N) is 1. The van der Waals surface area contributed by atoms with Crippen LogP contribution in [-0.4, -0.2) is 11.2 Å². The van der Waals surface area contributed by atoms with Gasteiger partial charge in [-0.15, -0.1) is 0 Å². The first-order valence-electron chi connectivity index (χ1n) is 1.62. The van der Waals surface area contributed by atoms with E-state index in [0.717, 1.165) is 0 Å². The average molecular weight is 105 g/mol. The third kappa shape index (κ3) is 2.08. The largest absolute Gasteiger partial charge is 0.369 e. The molecule has 2 N–H and O–H groups in total. The van der Waals surface area contributed by atoms with Gasteiger partial charge in [-0.3, -0.25) is 4.79 Å². The molecule has 0 aliphatic rings. The van der Waals surface area contributed by atoms with E-state index in [0.29, 0.717) is 0 Å². The zero-order chi connectivity index (χ0) is 5.15. The summed E-state index contributed by atoms with van der Waals surface area (Å²) in [6.07, 6.45) is 0. The molecule has 0 aromatic carbocycles. The van der Waals surface area contributed by atoms with Gasteiger partial charge in [-0.05, 0) is 6.92 Å². The molecule has 1 atom stereocenters. The van der Waals surface area contributed by atoms with E-state index in [-0.39, 0.29) is 11.2 Å². The molecule has 0 bridgehead atoms. The van der Waals surface area contributed by atoms with Gasteiger partial charge >= 0.3 is 0 Å². The van der Waals surface area contributed by atoms with Gasteiger partial charge in [-0.1, -0.05) is 0 Å². The van der Waals surface area contributed by atoms with E-state index in [1.807, 2.05) is 0 Å². The zero-order valence-corrected chi connectivity index (χ0v) is 4.40. The Morgan fingerprint density at radius 2 is 2.17 bits per heavy atom. The van der Waals surface area contributed by atoms with E-state index in [2.05, 4.69) is 12.6 Å². The molecule has 6 heavy (non-hydrogen) atoms. The SMILES string of the molecule is CC(S)C(N)=O. The third-order valence-electron chi connectivity index (χ3n) is 0.412. The van der Waals surface area contributed by atoms with Crippen LogP contribution >= 0.6 is 12.6 Å². The Morgan fingerprint density at radius 3 is 2.17 bits per heavy atom. The Morgan fingerprint density at radius 1 is 2.00 bits per heavy atom. The van der Waals surface area contributed by atoms with Crippen LogP contribution in [0.4, 0.5) is 0 Å². The van der Waals surface area contributed by atoms with E-state index >= 15 is 0 Å². The van der Waals surface area contributed by atoms with Crippen molar-refractivity contribution in [1.29, 1.82) is 0 Å². The summed E-state index contributed by atoms with van der Waals surface area (Å²) >= 11 is 3.72. The average Bonchev–Trinajstić information content (AvgIpc) is 1.36. The van der Waals surface area contributed by atoms with Gasteiger partial charge in [0, 0.05) is 0 Å². The molecule has 36 valence electrons. The first kappa shape index (κ1) is 5.82. The van der Waals surface area contributed by atoms with Crippen molar-refractivity contribution >= 4 is 18.5 Å². The first-order valence-corrected chi connectivity index (χ1v) is 2.13. The van der Waals surface area contributed by atoms with Gasteiger partial charge in [0.25, 0.3) is 0 Å². The molecule has 2 nitrogen and oxygen atoms in total. The molecule has 1 amide bonds. The number of hydrogen-bond acceptors (Lipinski definition) is 2. The number of carbonyl (C=O) groups is 1. The van der Waals surface area contributed by atoms with Crippen LogP contribution in [0.5, 0.6) is 0 Å². The maximum absolute atomic E-state index is 9.84. The summed E-state index contributed by atoms with van der Waals surface area (Å²) in [5.41, 5.74) is 4.72. The van der Waals surface area contributed by atoms with Crippen molar-refractivity contribution in [3.05, 3.63) is 0 Å². The van der Waals surface area contributed by atoms with E-state index in [1.54, 1.807) is 6.92 Å². The highest BCUT2D eigenvalue weighted by Crippen LogP contribution is 1.86. The number of carbonyl (C=O) groups excluding carboxylic acids is 1. The number of thiol groups is 1. The van der Waals surface area contributed by atoms with Crippen molar-refractivity contribution in [2.75, 3.05) is 0 Å². The van der Waals surface area contributed by atoms with Gasteiger partial charge < -0.3 is 5.73 Å². The van der Waals surface area contributed by atoms with Crippen LogP contribution in [0.3, 0.4) is 0 Å². The van der Waals surface area contributed by atoms with Crippen LogP contribution in [-0.2, 0) is 4.79 Å². The lowest BCUT2D eigenvalue weighted by Gasteiger charge is -1.90. The Balaban J connectivity index is 3.26. The van der Waals surface area contributed by atoms with Crippen LogP contribution in [0.15, 0.2) is 0 Å². The zero-order valence-electron chi connectivity index (χ0n) is 3.51. The van der Waals surface area contributed by atoms with Crippen molar-refractivity contribution in [3.63, 3.8) is 0 Å². The third-order valence-corrected chi connectivity index (χ3v) is 0.666. The molecule has 0 saturated carbocycles. The van der Waals surface area contributed by atoms with Crippen molar-refractivity contribution in [2.45, 2.75) is 12.2 Å². The molecule has 3 heteroatoms. The number of hydrogen-bond donors (Lipinski definition) is 2. The van der Waals surface area contributed by atoms with E-state index < -0.39 is 0 Å². The predicted octanol–water partition coefficient (Wildman–Crippen LogP) is -0.210. The van der Waals surface area contributed by atoms with Crippen LogP contribution in [0.25, 0.3) is 0 Å². The fraction of sp³-hybridized carbons (Fsp3) is 0.667. The summed E-state index contributed by atoms with van der Waals surface area (Å²) in [4.78, 5) is 9.84. The van der Waals surface area contributed by atoms with Crippen molar-refractivity contribution in [2.24, 2.45) is 5.73 Å². The molecule has 0 aromatic rings. The standard InChI is InChI=1S/C3H7NOS/c1-2(6)3(4)5/h2,6H,1H3,(H2,4,5). The minimum Gasteiger partial charge on any atom is -0.369 e. The van der Waals surface area contributed by atoms with Crippen LogP contribution in [0, 0.1) is 0 Å². The van der Waals surface area contributed by atoms with Gasteiger partial charge in [0.15, 0.2) is 0 Å². The maximum atomic E-state index is 9.84. The predicted molar refractivity (Wildman–Crippen MR) is 27.6 cm³/mol. The second-order valence-corrected chi connectivity index (χ2v) is 1.85. The summed E-state index contributed by atoms with van der Waals surface area (Å²) < 4.78 is 0. The van der Waals surface area contributed by atoms with Crippen LogP contribution < -0.4 is 5.73 Å². The summed E-state index contributed by atoms with van der Waals surface area (Å²) in [7, 11) is 0. The molecule has 0 aromatic heterocycles. The molecule has 0 rings (SSSR count). The summed E-state index contributed by atoms with van der Waals surface area (Å²) in [6, 6.07) is 0. The Labute approximate surface area is 42.1 Å². The fourth-order valence-corrected chi connectivity index (χ4v) is 0. The van der Waals surface area contributed by atoms with E-state index in [4.69, 9.17) is 5.73 Å². The smallest absolute Gasteiger partial charge is 0.229 e. The minimum absolute atomic E-state index is 0.315. The van der Waals surface area contributed by atoms with Crippen molar-refractivity contribution in [1.82, 2.24) is 0 Å². The Kier molecular flexibility index (Phi) is 2.01. The Bertz CT molecular complexity index is 61.8. The number of primary amides is 1. The van der Waals surface area contributed by atoms with E-state index in [9.17, 15) is 4.79 Å². The lowest BCUT2D eigenvalue weighted by atomic mass is 10.5. The second kappa shape index (κ2) is 2.08. The molecule has 0 radical (unpaired) electrons. The van der Waals surface area contributed by atoms with Gasteiger partial charge in [0.2, 0.25) is 5.91 Å². The highest BCUT2D eigenvalue weighted by atomic mass is 32.1. The molecular formula is C3H7NOS. The highest BCUT2D eigenvalue weighted by Gasteiger charge is 1.97. The van der Waals surface area contributed by atoms with Crippen molar-refractivity contribution in [3.8, 4) is 0 Å². The number of rotatable bonds is 1. The van der Waals surface area contributed by atoms with Gasteiger partial charge in [0.05, 0.1) is 5.25 Å². The first-order chi connectivity index (χ1) is 2.64. The molecule has 1 unspecified atom stereocenters. The van der Waals surface area contributed by atoms with Gasteiger partial charge in [0.1, 0.15) is 0 Å². The van der Waals surface area contributed by atoms with Crippen LogP contribution in [0.2, 0.25) is 0 Å². The molecule has 0 saturated heterocycles. The highest BCUT2D eigenvalue weighted by molar-refractivity contribution is 7.81. The molecule has 0 heterocycles. The monoisotopic (exact) mass is 105 g/mol. The molecular weight excluding hydrogens is 98.1 g/mol.